The van der Waals surface area contributed by atoms with Crippen molar-refractivity contribution in [3.8, 4) is 5.75 Å². The zero-order chi connectivity index (χ0) is 25.7. The Kier molecular flexibility index (Phi) is 7.16. The van der Waals surface area contributed by atoms with Crippen molar-refractivity contribution in [2.75, 3.05) is 10.6 Å². The molecular weight excluding hydrogens is 478 g/mol. The second-order valence-electron chi connectivity index (χ2n) is 8.10. The summed E-state index contributed by atoms with van der Waals surface area (Å²) in [5.74, 6) is 0.0242. The van der Waals surface area contributed by atoms with Gasteiger partial charge in [-0.05, 0) is 61.4 Å². The number of hydrogen-bond acceptors (Lipinski definition) is 8. The minimum atomic E-state index is -3.96. The van der Waals surface area contributed by atoms with E-state index in [1.807, 2.05) is 37.3 Å². The first-order valence-electron chi connectivity index (χ1n) is 11.1. The number of hydrogen-bond donors (Lipinski definition) is 3. The normalized spacial score (nSPS) is 11.9. The van der Waals surface area contributed by atoms with Crippen LogP contribution in [-0.2, 0) is 10.1 Å². The number of rotatable bonds is 9. The van der Waals surface area contributed by atoms with Crippen LogP contribution in [-0.4, -0.2) is 24.3 Å². The fourth-order valence-corrected chi connectivity index (χ4v) is 4.47. The lowest BCUT2D eigenvalue weighted by atomic mass is 10.1. The highest BCUT2D eigenvalue weighted by molar-refractivity contribution is 7.87. The summed E-state index contributed by atoms with van der Waals surface area (Å²) < 4.78 is 30.3. The van der Waals surface area contributed by atoms with Crippen molar-refractivity contribution < 1.29 is 17.4 Å². The SMILES string of the molecule is Cc1cccc(S(=O)(=O)Oc2ccc(Nc3ncc(C(N)=O)c(N[C@H](C)c4ccccc4)n3)cc2)c1. The number of primary amides is 1. The smallest absolute Gasteiger partial charge is 0.339 e. The van der Waals surface area contributed by atoms with Gasteiger partial charge in [0.05, 0.1) is 5.56 Å². The van der Waals surface area contributed by atoms with E-state index >= 15 is 0 Å². The predicted octanol–water partition coefficient (Wildman–Crippen LogP) is 4.57. The number of anilines is 3. The highest BCUT2D eigenvalue weighted by Crippen LogP contribution is 2.25. The van der Waals surface area contributed by atoms with Crippen LogP contribution in [0, 0.1) is 6.92 Å². The third-order valence-electron chi connectivity index (χ3n) is 5.30. The Balaban J connectivity index is 1.50. The van der Waals surface area contributed by atoms with Gasteiger partial charge in [0, 0.05) is 17.9 Å². The zero-order valence-corrected chi connectivity index (χ0v) is 20.5. The molecular formula is C26H25N5O4S. The number of nitrogens with two attached hydrogens (primary N) is 1. The molecule has 1 amide bonds. The monoisotopic (exact) mass is 503 g/mol. The summed E-state index contributed by atoms with van der Waals surface area (Å²) in [7, 11) is -3.96. The number of aromatic nitrogens is 2. The van der Waals surface area contributed by atoms with Gasteiger partial charge < -0.3 is 20.6 Å². The molecule has 0 saturated heterocycles. The van der Waals surface area contributed by atoms with Crippen molar-refractivity contribution in [3.05, 3.63) is 102 Å². The van der Waals surface area contributed by atoms with Crippen LogP contribution in [0.25, 0.3) is 0 Å². The Morgan fingerprint density at radius 1 is 1.00 bits per heavy atom. The van der Waals surface area contributed by atoms with Crippen LogP contribution < -0.4 is 20.6 Å². The lowest BCUT2D eigenvalue weighted by Gasteiger charge is -2.17. The molecule has 0 fully saturated rings. The summed E-state index contributed by atoms with van der Waals surface area (Å²) in [5.41, 5.74) is 8.08. The first-order valence-corrected chi connectivity index (χ1v) is 12.5. The Morgan fingerprint density at radius 2 is 1.72 bits per heavy atom. The number of benzene rings is 3. The molecule has 0 unspecified atom stereocenters. The van der Waals surface area contributed by atoms with Gasteiger partial charge in [-0.3, -0.25) is 4.79 Å². The largest absolute Gasteiger partial charge is 0.379 e. The molecule has 4 aromatic rings. The van der Waals surface area contributed by atoms with Gasteiger partial charge in [-0.1, -0.05) is 42.5 Å². The number of amides is 1. The standard InChI is InChI=1S/C26H25N5O4S/c1-17-7-6-10-22(15-17)36(33,34)35-21-13-11-20(12-14-21)30-26-28-16-23(24(27)32)25(31-26)29-18(2)19-8-4-3-5-9-19/h3-16,18H,1-2H3,(H2,27,32)(H2,28,29,30,31)/t18-/m1/s1. The fourth-order valence-electron chi connectivity index (χ4n) is 3.43. The molecule has 1 aromatic heterocycles. The van der Waals surface area contributed by atoms with Crippen LogP contribution in [0.1, 0.15) is 34.5 Å². The second kappa shape index (κ2) is 10.4. The maximum absolute atomic E-state index is 12.5. The van der Waals surface area contributed by atoms with Crippen molar-refractivity contribution in [2.45, 2.75) is 24.8 Å². The Bertz CT molecular complexity index is 1480. The van der Waals surface area contributed by atoms with E-state index in [1.54, 1.807) is 37.3 Å². The molecule has 0 aliphatic carbocycles. The molecule has 0 bridgehead atoms. The lowest BCUT2D eigenvalue weighted by Crippen LogP contribution is -2.18. The summed E-state index contributed by atoms with van der Waals surface area (Å²) in [6, 6.07) is 22.3. The molecule has 1 heterocycles. The average molecular weight is 504 g/mol. The molecule has 10 heteroatoms. The number of carbonyl (C=O) groups excluding carboxylic acids is 1. The molecule has 1 atom stereocenters. The average Bonchev–Trinajstić information content (AvgIpc) is 2.85. The van der Waals surface area contributed by atoms with Gasteiger partial charge in [0.25, 0.3) is 5.91 Å². The summed E-state index contributed by atoms with van der Waals surface area (Å²) in [5, 5.41) is 6.24. The van der Waals surface area contributed by atoms with E-state index < -0.39 is 16.0 Å². The van der Waals surface area contributed by atoms with Crippen molar-refractivity contribution >= 4 is 33.5 Å². The van der Waals surface area contributed by atoms with E-state index in [2.05, 4.69) is 20.6 Å². The van der Waals surface area contributed by atoms with Crippen molar-refractivity contribution in [2.24, 2.45) is 5.73 Å². The van der Waals surface area contributed by atoms with E-state index in [4.69, 9.17) is 9.92 Å². The third-order valence-corrected chi connectivity index (χ3v) is 6.54. The molecule has 4 rings (SSSR count). The molecule has 0 aliphatic rings. The lowest BCUT2D eigenvalue weighted by molar-refractivity contribution is 0.100. The molecule has 184 valence electrons. The first-order chi connectivity index (χ1) is 17.2. The molecule has 0 radical (unpaired) electrons. The highest BCUT2D eigenvalue weighted by Gasteiger charge is 2.17. The van der Waals surface area contributed by atoms with E-state index in [0.29, 0.717) is 11.5 Å². The number of nitrogens with zero attached hydrogens (tertiary/aromatic N) is 2. The summed E-state index contributed by atoms with van der Waals surface area (Å²) in [6.45, 7) is 3.75. The van der Waals surface area contributed by atoms with Crippen LogP contribution >= 0.6 is 0 Å². The topological polar surface area (TPSA) is 136 Å². The second-order valence-corrected chi connectivity index (χ2v) is 9.65. The van der Waals surface area contributed by atoms with Crippen LogP contribution in [0.15, 0.2) is 90.0 Å². The highest BCUT2D eigenvalue weighted by atomic mass is 32.2. The molecule has 0 saturated carbocycles. The van der Waals surface area contributed by atoms with Gasteiger partial charge in [0.15, 0.2) is 0 Å². The van der Waals surface area contributed by atoms with Gasteiger partial charge in [-0.2, -0.15) is 13.4 Å². The Hall–Kier alpha value is -4.44. The molecule has 4 N–H and O–H groups in total. The molecule has 0 aliphatic heterocycles. The van der Waals surface area contributed by atoms with Crippen molar-refractivity contribution in [1.82, 2.24) is 9.97 Å². The van der Waals surface area contributed by atoms with Crippen LogP contribution in [0.3, 0.4) is 0 Å². The zero-order valence-electron chi connectivity index (χ0n) is 19.7. The minimum absolute atomic E-state index is 0.0809. The van der Waals surface area contributed by atoms with Crippen LogP contribution in [0.5, 0.6) is 5.75 Å². The minimum Gasteiger partial charge on any atom is -0.379 e. The number of carbonyl (C=O) groups is 1. The van der Waals surface area contributed by atoms with Crippen molar-refractivity contribution in [1.29, 1.82) is 0 Å². The summed E-state index contributed by atoms with van der Waals surface area (Å²) in [4.78, 5) is 20.6. The fraction of sp³-hybridized carbons (Fsp3) is 0.115. The third kappa shape index (κ3) is 5.97. The Labute approximate surface area is 209 Å². The van der Waals surface area contributed by atoms with E-state index in [1.165, 1.54) is 24.4 Å². The predicted molar refractivity (Wildman–Crippen MR) is 138 cm³/mol. The van der Waals surface area contributed by atoms with Gasteiger partial charge in [-0.25, -0.2) is 4.98 Å². The number of aryl methyl sites for hydroxylation is 1. The molecule has 36 heavy (non-hydrogen) atoms. The van der Waals surface area contributed by atoms with Gasteiger partial charge in [0.1, 0.15) is 16.5 Å². The Morgan fingerprint density at radius 3 is 2.39 bits per heavy atom. The van der Waals surface area contributed by atoms with Crippen LogP contribution in [0.4, 0.5) is 17.5 Å². The van der Waals surface area contributed by atoms with E-state index in [0.717, 1.165) is 11.1 Å². The molecule has 0 spiro atoms. The molecule has 9 nitrogen and oxygen atoms in total. The van der Waals surface area contributed by atoms with E-state index in [9.17, 15) is 13.2 Å². The number of nitrogens with one attached hydrogen (secondary N) is 2. The quantitative estimate of drug-likeness (QED) is 0.283. The molecule has 3 aromatic carbocycles. The van der Waals surface area contributed by atoms with Gasteiger partial charge in [-0.15, -0.1) is 0 Å². The van der Waals surface area contributed by atoms with Crippen molar-refractivity contribution in [3.63, 3.8) is 0 Å². The summed E-state index contributed by atoms with van der Waals surface area (Å²) in [6.07, 6.45) is 1.35. The van der Waals surface area contributed by atoms with E-state index in [-0.39, 0.29) is 28.2 Å². The first kappa shape index (κ1) is 24.7. The summed E-state index contributed by atoms with van der Waals surface area (Å²) >= 11 is 0. The maximum atomic E-state index is 12.5. The van der Waals surface area contributed by atoms with Gasteiger partial charge >= 0.3 is 10.1 Å². The van der Waals surface area contributed by atoms with Gasteiger partial charge in [0.2, 0.25) is 5.95 Å². The van der Waals surface area contributed by atoms with Crippen LogP contribution in [0.2, 0.25) is 0 Å². The maximum Gasteiger partial charge on any atom is 0.339 e.